The average Bonchev–Trinajstić information content (AvgIpc) is 2.73. The molecule has 1 aromatic rings. The lowest BCUT2D eigenvalue weighted by molar-refractivity contribution is 0.161. The monoisotopic (exact) mass is 514 g/mol. The Balaban J connectivity index is 0.00000300. The van der Waals surface area contributed by atoms with E-state index in [0.29, 0.717) is 12.1 Å². The van der Waals surface area contributed by atoms with Crippen molar-refractivity contribution in [1.29, 1.82) is 0 Å². The Morgan fingerprint density at radius 3 is 2.62 bits per heavy atom. The highest BCUT2D eigenvalue weighted by Gasteiger charge is 2.23. The fourth-order valence-electron chi connectivity index (χ4n) is 4.35. The van der Waals surface area contributed by atoms with E-state index in [1.807, 2.05) is 0 Å². The minimum atomic E-state index is 0. The van der Waals surface area contributed by atoms with Crippen molar-refractivity contribution in [1.82, 2.24) is 20.5 Å². The minimum Gasteiger partial charge on any atom is -0.357 e. The molecule has 1 unspecified atom stereocenters. The predicted octanol–water partition coefficient (Wildman–Crippen LogP) is 3.41. The van der Waals surface area contributed by atoms with Crippen LogP contribution in [0.4, 0.5) is 5.82 Å². The molecule has 1 aromatic heterocycles. The van der Waals surface area contributed by atoms with Gasteiger partial charge in [0.2, 0.25) is 0 Å². The maximum Gasteiger partial charge on any atom is 0.191 e. The van der Waals surface area contributed by atoms with Crippen molar-refractivity contribution in [3.8, 4) is 0 Å². The van der Waals surface area contributed by atoms with Gasteiger partial charge in [-0.2, -0.15) is 0 Å². The van der Waals surface area contributed by atoms with Gasteiger partial charge in [-0.05, 0) is 64.8 Å². The second-order valence-electron chi connectivity index (χ2n) is 8.04. The number of aromatic nitrogens is 1. The summed E-state index contributed by atoms with van der Waals surface area (Å²) in [4.78, 5) is 14.6. The quantitative estimate of drug-likeness (QED) is 0.346. The number of nitrogens with zero attached hydrogens (tertiary/aromatic N) is 4. The highest BCUT2D eigenvalue weighted by molar-refractivity contribution is 14.0. The first-order chi connectivity index (χ1) is 13.7. The summed E-state index contributed by atoms with van der Waals surface area (Å²) in [5.41, 5.74) is 1.09. The van der Waals surface area contributed by atoms with Crippen LogP contribution >= 0.6 is 24.0 Å². The van der Waals surface area contributed by atoms with Crippen LogP contribution in [-0.2, 0) is 0 Å². The molecule has 7 heteroatoms. The zero-order chi connectivity index (χ0) is 19.8. The number of rotatable bonds is 6. The Bertz CT molecular complexity index is 629. The van der Waals surface area contributed by atoms with Gasteiger partial charge in [-0.15, -0.1) is 24.0 Å². The van der Waals surface area contributed by atoms with Crippen LogP contribution < -0.4 is 15.5 Å². The van der Waals surface area contributed by atoms with Crippen molar-refractivity contribution >= 4 is 35.8 Å². The van der Waals surface area contributed by atoms with Crippen molar-refractivity contribution < 1.29 is 0 Å². The molecular weight excluding hydrogens is 475 g/mol. The van der Waals surface area contributed by atoms with Gasteiger partial charge in [-0.25, -0.2) is 4.98 Å². The number of halogens is 1. The zero-order valence-corrected chi connectivity index (χ0v) is 20.7. The van der Waals surface area contributed by atoms with E-state index < -0.39 is 0 Å². The molecule has 0 aromatic carbocycles. The molecule has 0 saturated carbocycles. The van der Waals surface area contributed by atoms with E-state index in [4.69, 9.17) is 4.99 Å². The molecule has 2 aliphatic heterocycles. The fraction of sp³-hybridized carbons (Fsp3) is 0.727. The summed E-state index contributed by atoms with van der Waals surface area (Å²) in [7, 11) is 0. The highest BCUT2D eigenvalue weighted by Crippen LogP contribution is 2.19. The Hall–Kier alpha value is -1.09. The number of aliphatic imine (C=N–C) groups is 1. The van der Waals surface area contributed by atoms with Crippen molar-refractivity contribution in [3.05, 3.63) is 23.9 Å². The molecule has 6 nitrogen and oxygen atoms in total. The largest absolute Gasteiger partial charge is 0.357 e. The Morgan fingerprint density at radius 2 is 1.93 bits per heavy atom. The van der Waals surface area contributed by atoms with Gasteiger partial charge in [0.15, 0.2) is 5.96 Å². The maximum atomic E-state index is 4.95. The number of likely N-dealkylation sites (tertiary alicyclic amines) is 1. The molecule has 0 aliphatic carbocycles. The van der Waals surface area contributed by atoms with E-state index >= 15 is 0 Å². The third-order valence-electron chi connectivity index (χ3n) is 5.99. The topological polar surface area (TPSA) is 55.8 Å². The third kappa shape index (κ3) is 7.27. The van der Waals surface area contributed by atoms with Gasteiger partial charge in [0.25, 0.3) is 0 Å². The first kappa shape index (κ1) is 24.2. The Morgan fingerprint density at radius 1 is 1.14 bits per heavy atom. The van der Waals surface area contributed by atoms with Crippen LogP contribution in [0, 0.1) is 6.92 Å². The predicted molar refractivity (Wildman–Crippen MR) is 134 cm³/mol. The normalized spacial score (nSPS) is 21.6. The lowest BCUT2D eigenvalue weighted by atomic mass is 10.0. The van der Waals surface area contributed by atoms with E-state index in [0.717, 1.165) is 63.0 Å². The van der Waals surface area contributed by atoms with Crippen LogP contribution in [0.5, 0.6) is 0 Å². The van der Waals surface area contributed by atoms with Gasteiger partial charge in [0.05, 0.1) is 6.54 Å². The number of piperidine rings is 2. The molecule has 0 amide bonds. The van der Waals surface area contributed by atoms with E-state index in [1.54, 1.807) is 0 Å². The molecule has 2 N–H and O–H groups in total. The number of nitrogens with one attached hydrogen (secondary N) is 2. The smallest absolute Gasteiger partial charge is 0.191 e. The summed E-state index contributed by atoms with van der Waals surface area (Å²) in [6.07, 6.45) is 6.18. The van der Waals surface area contributed by atoms with Gasteiger partial charge in [0.1, 0.15) is 5.82 Å². The summed E-state index contributed by atoms with van der Waals surface area (Å²) in [6.45, 7) is 12.7. The van der Waals surface area contributed by atoms with E-state index in [1.165, 1.54) is 25.8 Å². The molecule has 164 valence electrons. The second kappa shape index (κ2) is 12.6. The maximum absolute atomic E-state index is 4.95. The molecule has 0 spiro atoms. The number of aryl methyl sites for hydroxylation is 1. The van der Waals surface area contributed by atoms with E-state index in [-0.39, 0.29) is 24.0 Å². The fourth-order valence-corrected chi connectivity index (χ4v) is 4.35. The Kier molecular flexibility index (Phi) is 10.5. The number of pyridine rings is 1. The first-order valence-electron chi connectivity index (χ1n) is 11.2. The lowest BCUT2D eigenvalue weighted by Gasteiger charge is -2.35. The van der Waals surface area contributed by atoms with Crippen molar-refractivity contribution in [2.75, 3.05) is 44.2 Å². The van der Waals surface area contributed by atoms with Gasteiger partial charge in [-0.3, -0.25) is 9.89 Å². The average molecular weight is 515 g/mol. The molecule has 2 saturated heterocycles. The third-order valence-corrected chi connectivity index (χ3v) is 5.99. The molecule has 2 aliphatic rings. The van der Waals surface area contributed by atoms with Crippen LogP contribution in [0.25, 0.3) is 0 Å². The SMILES string of the molecule is CCNC(=NCC1CCCCN1CC)NC1CCN(c2cccc(C)n2)CC1.I. The highest BCUT2D eigenvalue weighted by atomic mass is 127. The first-order valence-corrected chi connectivity index (χ1v) is 11.2. The summed E-state index contributed by atoms with van der Waals surface area (Å²) >= 11 is 0. The minimum absolute atomic E-state index is 0. The van der Waals surface area contributed by atoms with Gasteiger partial charge in [0, 0.05) is 37.4 Å². The van der Waals surface area contributed by atoms with E-state index in [2.05, 4.69) is 64.4 Å². The van der Waals surface area contributed by atoms with Crippen molar-refractivity contribution in [3.63, 3.8) is 0 Å². The molecule has 0 radical (unpaired) electrons. The van der Waals surface area contributed by atoms with Crippen LogP contribution in [0.3, 0.4) is 0 Å². The number of hydrogen-bond donors (Lipinski definition) is 2. The molecule has 3 heterocycles. The van der Waals surface area contributed by atoms with Crippen molar-refractivity contribution in [2.45, 2.75) is 65.0 Å². The molecular formula is C22H39IN6. The summed E-state index contributed by atoms with van der Waals surface area (Å²) in [5.74, 6) is 2.09. The van der Waals surface area contributed by atoms with Crippen molar-refractivity contribution in [2.24, 2.45) is 4.99 Å². The standard InChI is InChI=1S/C22H38N6.HI/c1-4-23-22(24-17-20-10-6-7-14-27(20)5-2)26-19-12-15-28(16-13-19)21-11-8-9-18(3)25-21;/h8-9,11,19-20H,4-7,10,12-17H2,1-3H3,(H2,23,24,26);1H. The molecule has 3 rings (SSSR count). The van der Waals surface area contributed by atoms with Crippen LogP contribution in [-0.4, -0.2) is 67.2 Å². The van der Waals surface area contributed by atoms with Gasteiger partial charge < -0.3 is 15.5 Å². The van der Waals surface area contributed by atoms with E-state index in [9.17, 15) is 0 Å². The summed E-state index contributed by atoms with van der Waals surface area (Å²) in [5, 5.41) is 7.13. The lowest BCUT2D eigenvalue weighted by Crippen LogP contribution is -2.49. The van der Waals surface area contributed by atoms with Crippen LogP contribution in [0.2, 0.25) is 0 Å². The number of anilines is 1. The molecule has 0 bridgehead atoms. The van der Waals surface area contributed by atoms with Gasteiger partial charge >= 0.3 is 0 Å². The number of hydrogen-bond acceptors (Lipinski definition) is 4. The number of guanidine groups is 1. The second-order valence-corrected chi connectivity index (χ2v) is 8.04. The molecule has 2 fully saturated rings. The van der Waals surface area contributed by atoms with Crippen LogP contribution in [0.1, 0.15) is 51.6 Å². The van der Waals surface area contributed by atoms with Gasteiger partial charge in [-0.1, -0.05) is 19.4 Å². The zero-order valence-electron chi connectivity index (χ0n) is 18.4. The summed E-state index contributed by atoms with van der Waals surface area (Å²) < 4.78 is 0. The Labute approximate surface area is 194 Å². The van der Waals surface area contributed by atoms with Crippen LogP contribution in [0.15, 0.2) is 23.2 Å². The molecule has 29 heavy (non-hydrogen) atoms. The summed E-state index contributed by atoms with van der Waals surface area (Å²) in [6, 6.07) is 7.36. The number of likely N-dealkylation sites (N-methyl/N-ethyl adjacent to an activating group) is 1. The molecule has 1 atom stereocenters.